The highest BCUT2D eigenvalue weighted by Crippen LogP contribution is 2.45. The zero-order chi connectivity index (χ0) is 40.0. The van der Waals surface area contributed by atoms with E-state index in [0.717, 1.165) is 66.0 Å². The van der Waals surface area contributed by atoms with Gasteiger partial charge in [-0.2, -0.15) is 0 Å². The third-order valence-corrected chi connectivity index (χ3v) is 14.5. The molecule has 0 spiro atoms. The molecule has 0 aliphatic carbocycles. The molecule has 4 aliphatic heterocycles. The zero-order valence-corrected chi connectivity index (χ0v) is 34.3. The fourth-order valence-electron chi connectivity index (χ4n) is 9.70. The molecule has 0 fully saturated rings. The van der Waals surface area contributed by atoms with E-state index in [0.29, 0.717) is 0 Å². The summed E-state index contributed by atoms with van der Waals surface area (Å²) in [6.07, 6.45) is 0. The van der Waals surface area contributed by atoms with E-state index in [-0.39, 0.29) is 13.4 Å². The van der Waals surface area contributed by atoms with Crippen molar-refractivity contribution < 1.29 is 9.47 Å². The first-order valence-electron chi connectivity index (χ1n) is 20.6. The molecule has 0 amide bonds. The van der Waals surface area contributed by atoms with Crippen molar-refractivity contribution in [1.82, 2.24) is 4.98 Å². The number of para-hydroxylation sites is 4. The molecule has 8 aromatic carbocycles. The van der Waals surface area contributed by atoms with E-state index in [4.69, 9.17) is 14.5 Å². The van der Waals surface area contributed by atoms with Crippen LogP contribution >= 0.6 is 23.5 Å². The van der Waals surface area contributed by atoms with Gasteiger partial charge < -0.3 is 14.4 Å². The van der Waals surface area contributed by atoms with Crippen LogP contribution in [0.3, 0.4) is 0 Å². The van der Waals surface area contributed by atoms with E-state index in [2.05, 4.69) is 199 Å². The van der Waals surface area contributed by atoms with Gasteiger partial charge in [-0.1, -0.05) is 157 Å². The Bertz CT molecular complexity index is 3200. The van der Waals surface area contributed by atoms with Crippen LogP contribution in [0.4, 0.5) is 17.1 Å². The lowest BCUT2D eigenvalue weighted by molar-refractivity contribution is 0.486. The summed E-state index contributed by atoms with van der Waals surface area (Å²) in [5.41, 5.74) is 15.1. The van der Waals surface area contributed by atoms with Gasteiger partial charge in [0.15, 0.2) is 0 Å². The van der Waals surface area contributed by atoms with Crippen LogP contribution in [0.1, 0.15) is 0 Å². The van der Waals surface area contributed by atoms with Gasteiger partial charge in [0.05, 0.1) is 15.7 Å². The summed E-state index contributed by atoms with van der Waals surface area (Å²) in [5.74, 6) is 3.56. The number of anilines is 3. The van der Waals surface area contributed by atoms with Crippen molar-refractivity contribution >= 4 is 86.8 Å². The molecular weight excluding hydrogens is 782 g/mol. The maximum atomic E-state index is 6.88. The van der Waals surface area contributed by atoms with Crippen molar-refractivity contribution in [3.63, 3.8) is 0 Å². The summed E-state index contributed by atoms with van der Waals surface area (Å²) < 4.78 is 13.7. The lowest BCUT2D eigenvalue weighted by Crippen LogP contribution is -2.62. The highest BCUT2D eigenvalue weighted by molar-refractivity contribution is 8.00. The number of rotatable bonds is 5. The highest BCUT2D eigenvalue weighted by Gasteiger charge is 2.45. The van der Waals surface area contributed by atoms with Gasteiger partial charge in [-0.15, -0.1) is 0 Å². The minimum atomic E-state index is -0.0437. The summed E-state index contributed by atoms with van der Waals surface area (Å²) in [4.78, 5) is 10.3. The van der Waals surface area contributed by atoms with Crippen molar-refractivity contribution in [1.29, 1.82) is 0 Å². The minimum Gasteiger partial charge on any atom is -0.458 e. The molecule has 1 aromatic heterocycles. The van der Waals surface area contributed by atoms with Gasteiger partial charge in [0.2, 0.25) is 0 Å². The smallest absolute Gasteiger partial charge is 0.255 e. The van der Waals surface area contributed by atoms with Crippen LogP contribution in [0.15, 0.2) is 214 Å². The minimum absolute atomic E-state index is 0.0314. The summed E-state index contributed by atoms with van der Waals surface area (Å²) in [7, 11) is 0. The third kappa shape index (κ3) is 5.56. The Labute approximate surface area is 363 Å². The van der Waals surface area contributed by atoms with E-state index in [1.165, 1.54) is 48.9 Å². The Balaban J connectivity index is 0.996. The number of ether oxygens (including phenoxy) is 2. The Kier molecular flexibility index (Phi) is 7.93. The molecular formula is C53H32B2N2O2S2. The Morgan fingerprint density at radius 2 is 0.852 bits per heavy atom. The normalized spacial score (nSPS) is 13.3. The van der Waals surface area contributed by atoms with Crippen molar-refractivity contribution in [3.05, 3.63) is 194 Å². The van der Waals surface area contributed by atoms with E-state index in [9.17, 15) is 0 Å². The second-order valence-corrected chi connectivity index (χ2v) is 17.8. The van der Waals surface area contributed by atoms with Crippen molar-refractivity contribution in [2.24, 2.45) is 0 Å². The molecule has 9 aromatic rings. The Morgan fingerprint density at radius 1 is 0.377 bits per heavy atom. The van der Waals surface area contributed by atoms with Crippen molar-refractivity contribution in [2.75, 3.05) is 4.90 Å². The summed E-state index contributed by atoms with van der Waals surface area (Å²) in [6.45, 7) is -0.0752. The molecule has 8 heteroatoms. The summed E-state index contributed by atoms with van der Waals surface area (Å²) in [6, 6.07) is 69.1. The molecule has 4 nitrogen and oxygen atoms in total. The van der Waals surface area contributed by atoms with E-state index in [1.807, 2.05) is 0 Å². The molecule has 4 aliphatic rings. The average molecular weight is 815 g/mol. The zero-order valence-electron chi connectivity index (χ0n) is 32.7. The second-order valence-electron chi connectivity index (χ2n) is 15.8. The van der Waals surface area contributed by atoms with E-state index >= 15 is 0 Å². The molecule has 0 bridgehead atoms. The molecule has 284 valence electrons. The third-order valence-electron chi connectivity index (χ3n) is 12.3. The molecule has 0 N–H and O–H groups in total. The SMILES string of the molecule is c1ccc(-c2ccccc2-c2cc3c4c(c2)Sc2nc5c(cc2B4c2ccccc2O3)B2c3ccccc3Oc3cc(N(c4ccccc4)c4ccccc4)cc(c32)S5)cc1. The first-order chi connectivity index (χ1) is 30.2. The number of benzene rings is 8. The Morgan fingerprint density at radius 3 is 1.44 bits per heavy atom. The number of aromatic nitrogens is 1. The number of hydrogen-bond acceptors (Lipinski definition) is 6. The van der Waals surface area contributed by atoms with Gasteiger partial charge in [-0.05, 0) is 110 Å². The van der Waals surface area contributed by atoms with E-state index in [1.54, 1.807) is 23.5 Å². The van der Waals surface area contributed by atoms with E-state index < -0.39 is 0 Å². The topological polar surface area (TPSA) is 34.6 Å². The number of nitrogens with zero attached hydrogens (tertiary/aromatic N) is 2. The quantitative estimate of drug-likeness (QED) is 0.161. The van der Waals surface area contributed by atoms with Gasteiger partial charge in [0.25, 0.3) is 13.4 Å². The first kappa shape index (κ1) is 34.9. The molecule has 13 rings (SSSR count). The summed E-state index contributed by atoms with van der Waals surface area (Å²) >= 11 is 3.52. The molecule has 0 saturated heterocycles. The fraction of sp³-hybridized carbons (Fsp3) is 0. The fourth-order valence-corrected chi connectivity index (χ4v) is 12.1. The highest BCUT2D eigenvalue weighted by atomic mass is 32.2. The van der Waals surface area contributed by atoms with Gasteiger partial charge in [0.1, 0.15) is 23.0 Å². The number of hydrogen-bond donors (Lipinski definition) is 0. The average Bonchev–Trinajstić information content (AvgIpc) is 3.31. The van der Waals surface area contributed by atoms with Crippen LogP contribution < -0.4 is 47.2 Å². The molecule has 61 heavy (non-hydrogen) atoms. The lowest BCUT2D eigenvalue weighted by Gasteiger charge is -2.37. The first-order valence-corrected chi connectivity index (χ1v) is 22.2. The van der Waals surface area contributed by atoms with Crippen LogP contribution in [0, 0.1) is 0 Å². The van der Waals surface area contributed by atoms with Gasteiger partial charge >= 0.3 is 0 Å². The largest absolute Gasteiger partial charge is 0.458 e. The van der Waals surface area contributed by atoms with Crippen LogP contribution in [0.2, 0.25) is 0 Å². The standard InChI is InChI=1S/C53H32B2N2O2S2/c1-4-16-33(17-5-1)38-22-10-11-23-39(38)34-28-46-50-48(29-34)60-52-42(54(50)40-24-12-14-26-44(40)58-46)32-43-53(56-52)61-49-31-37(30-47-51(49)55(43)41-25-13-15-27-45(41)59-47)57(35-18-6-2-7-19-35)36-20-8-3-9-21-36/h1-32H. The number of fused-ring (bicyclic) bond motifs is 8. The molecule has 5 heterocycles. The second kappa shape index (κ2) is 13.8. The van der Waals surface area contributed by atoms with Gasteiger partial charge in [-0.25, -0.2) is 4.98 Å². The number of pyridine rings is 1. The van der Waals surface area contributed by atoms with Crippen LogP contribution in [0.5, 0.6) is 23.0 Å². The molecule has 0 atom stereocenters. The van der Waals surface area contributed by atoms with Crippen LogP contribution in [-0.2, 0) is 0 Å². The molecule has 0 radical (unpaired) electrons. The maximum Gasteiger partial charge on any atom is 0.255 e. The predicted octanol–water partition coefficient (Wildman–Crippen LogP) is 10.1. The summed E-state index contributed by atoms with van der Waals surface area (Å²) in [5, 5.41) is 2.07. The lowest BCUT2D eigenvalue weighted by atomic mass is 9.33. The van der Waals surface area contributed by atoms with Crippen molar-refractivity contribution in [2.45, 2.75) is 19.8 Å². The monoisotopic (exact) mass is 814 g/mol. The Hall–Kier alpha value is -6.86. The van der Waals surface area contributed by atoms with Gasteiger partial charge in [-0.3, -0.25) is 0 Å². The maximum absolute atomic E-state index is 6.88. The molecule has 0 saturated carbocycles. The predicted molar refractivity (Wildman–Crippen MR) is 253 cm³/mol. The van der Waals surface area contributed by atoms with Crippen LogP contribution in [0.25, 0.3) is 22.3 Å². The molecule has 0 unspecified atom stereocenters. The van der Waals surface area contributed by atoms with Crippen molar-refractivity contribution in [3.8, 4) is 45.3 Å². The van der Waals surface area contributed by atoms with Crippen LogP contribution in [-0.4, -0.2) is 18.4 Å². The van der Waals surface area contributed by atoms with Gasteiger partial charge in [0, 0.05) is 27.2 Å².